The molecule has 1 saturated carbocycles. The summed E-state index contributed by atoms with van der Waals surface area (Å²) in [5.41, 5.74) is 0. The Labute approximate surface area is 109 Å². The van der Waals surface area contributed by atoms with Crippen molar-refractivity contribution in [2.75, 3.05) is 26.7 Å². The normalized spacial score (nSPS) is 16.1. The van der Waals surface area contributed by atoms with Gasteiger partial charge < -0.3 is 15.0 Å². The van der Waals surface area contributed by atoms with Crippen LogP contribution >= 0.6 is 0 Å². The van der Waals surface area contributed by atoms with Gasteiger partial charge >= 0.3 is 12.0 Å². The van der Waals surface area contributed by atoms with E-state index in [0.29, 0.717) is 12.5 Å². The summed E-state index contributed by atoms with van der Waals surface area (Å²) in [4.78, 5) is 24.5. The smallest absolute Gasteiger partial charge is 0.325 e. The predicted octanol–water partition coefficient (Wildman–Crippen LogP) is 1.77. The van der Waals surface area contributed by atoms with Gasteiger partial charge in [-0.2, -0.15) is 0 Å². The molecule has 18 heavy (non-hydrogen) atoms. The van der Waals surface area contributed by atoms with Crippen molar-refractivity contribution < 1.29 is 14.3 Å². The highest BCUT2D eigenvalue weighted by Gasteiger charge is 2.18. The van der Waals surface area contributed by atoms with E-state index in [-0.39, 0.29) is 12.6 Å². The van der Waals surface area contributed by atoms with Crippen molar-refractivity contribution in [2.24, 2.45) is 5.92 Å². The van der Waals surface area contributed by atoms with Crippen LogP contribution in [0.25, 0.3) is 0 Å². The van der Waals surface area contributed by atoms with Crippen molar-refractivity contribution in [1.82, 2.24) is 10.2 Å². The van der Waals surface area contributed by atoms with Gasteiger partial charge in [-0.1, -0.05) is 19.3 Å². The largest absolute Gasteiger partial charge is 0.465 e. The van der Waals surface area contributed by atoms with Gasteiger partial charge in [0.05, 0.1) is 6.61 Å². The Morgan fingerprint density at radius 1 is 1.28 bits per heavy atom. The summed E-state index contributed by atoms with van der Waals surface area (Å²) < 4.78 is 4.75. The monoisotopic (exact) mass is 256 g/mol. The van der Waals surface area contributed by atoms with Crippen molar-refractivity contribution in [3.05, 3.63) is 0 Å². The van der Waals surface area contributed by atoms with Crippen LogP contribution in [-0.2, 0) is 9.53 Å². The van der Waals surface area contributed by atoms with Crippen LogP contribution in [0.1, 0.15) is 39.0 Å². The predicted molar refractivity (Wildman–Crippen MR) is 69.2 cm³/mol. The van der Waals surface area contributed by atoms with Gasteiger partial charge in [-0.3, -0.25) is 4.79 Å². The van der Waals surface area contributed by atoms with Crippen molar-refractivity contribution in [1.29, 1.82) is 0 Å². The first kappa shape index (κ1) is 14.8. The van der Waals surface area contributed by atoms with Gasteiger partial charge in [0.2, 0.25) is 0 Å². The maximum atomic E-state index is 11.7. The highest BCUT2D eigenvalue weighted by Crippen LogP contribution is 2.23. The number of carbonyl (C=O) groups excluding carboxylic acids is 2. The van der Waals surface area contributed by atoms with E-state index < -0.39 is 5.97 Å². The van der Waals surface area contributed by atoms with E-state index in [2.05, 4.69) is 5.32 Å². The number of hydrogen-bond acceptors (Lipinski definition) is 3. The van der Waals surface area contributed by atoms with E-state index in [1.54, 1.807) is 18.9 Å². The molecule has 0 aromatic rings. The van der Waals surface area contributed by atoms with Crippen LogP contribution in [0.2, 0.25) is 0 Å². The SMILES string of the molecule is CCOC(=O)CNC(=O)N(C)CC1CCCCC1. The third kappa shape index (κ3) is 5.38. The highest BCUT2D eigenvalue weighted by molar-refractivity contribution is 5.80. The lowest BCUT2D eigenvalue weighted by Crippen LogP contribution is -2.42. The number of amides is 2. The molecule has 0 radical (unpaired) electrons. The summed E-state index contributed by atoms with van der Waals surface area (Å²) in [6.07, 6.45) is 6.26. The minimum atomic E-state index is -0.392. The Morgan fingerprint density at radius 3 is 2.56 bits per heavy atom. The molecular formula is C13H24N2O3. The lowest BCUT2D eigenvalue weighted by Gasteiger charge is -2.27. The molecule has 0 atom stereocenters. The standard InChI is InChI=1S/C13H24N2O3/c1-3-18-12(16)9-14-13(17)15(2)10-11-7-5-4-6-8-11/h11H,3-10H2,1-2H3,(H,14,17). The molecule has 0 bridgehead atoms. The molecule has 0 heterocycles. The van der Waals surface area contributed by atoms with Crippen LogP contribution in [-0.4, -0.2) is 43.6 Å². The van der Waals surface area contributed by atoms with E-state index in [4.69, 9.17) is 4.74 Å². The quantitative estimate of drug-likeness (QED) is 0.763. The molecule has 104 valence electrons. The molecule has 1 rings (SSSR count). The van der Waals surface area contributed by atoms with Crippen molar-refractivity contribution in [3.63, 3.8) is 0 Å². The molecule has 1 fully saturated rings. The topological polar surface area (TPSA) is 58.6 Å². The summed E-state index contributed by atoms with van der Waals surface area (Å²) in [6, 6.07) is -0.200. The fraction of sp³-hybridized carbons (Fsp3) is 0.846. The minimum absolute atomic E-state index is 0.0539. The molecule has 0 unspecified atom stereocenters. The zero-order valence-electron chi connectivity index (χ0n) is 11.4. The minimum Gasteiger partial charge on any atom is -0.465 e. The summed E-state index contributed by atoms with van der Waals surface area (Å²) >= 11 is 0. The number of ether oxygens (including phenoxy) is 1. The van der Waals surface area contributed by atoms with Gasteiger partial charge in [0.15, 0.2) is 0 Å². The maximum Gasteiger partial charge on any atom is 0.325 e. The number of nitrogens with one attached hydrogen (secondary N) is 1. The van der Waals surface area contributed by atoms with Gasteiger partial charge in [-0.25, -0.2) is 4.79 Å². The summed E-state index contributed by atoms with van der Waals surface area (Å²) in [5.74, 6) is 0.217. The number of rotatable bonds is 5. The van der Waals surface area contributed by atoms with Crippen molar-refractivity contribution in [2.45, 2.75) is 39.0 Å². The average Bonchev–Trinajstić information content (AvgIpc) is 2.37. The lowest BCUT2D eigenvalue weighted by atomic mass is 9.89. The molecule has 5 heteroatoms. The average molecular weight is 256 g/mol. The van der Waals surface area contributed by atoms with E-state index >= 15 is 0 Å². The molecular weight excluding hydrogens is 232 g/mol. The van der Waals surface area contributed by atoms with Gasteiger partial charge in [0, 0.05) is 13.6 Å². The Balaban J connectivity index is 2.21. The maximum absolute atomic E-state index is 11.7. The zero-order chi connectivity index (χ0) is 13.4. The van der Waals surface area contributed by atoms with E-state index in [0.717, 1.165) is 6.54 Å². The van der Waals surface area contributed by atoms with Crippen LogP contribution < -0.4 is 5.32 Å². The molecule has 0 saturated heterocycles. The third-order valence-corrected chi connectivity index (χ3v) is 3.29. The van der Waals surface area contributed by atoms with Gasteiger partial charge in [-0.05, 0) is 25.7 Å². The first-order valence-corrected chi connectivity index (χ1v) is 6.78. The number of nitrogens with zero attached hydrogens (tertiary/aromatic N) is 1. The molecule has 0 spiro atoms. The molecule has 1 aliphatic carbocycles. The van der Waals surface area contributed by atoms with Crippen molar-refractivity contribution >= 4 is 12.0 Å². The highest BCUT2D eigenvalue weighted by atomic mass is 16.5. The van der Waals surface area contributed by atoms with E-state index in [9.17, 15) is 9.59 Å². The van der Waals surface area contributed by atoms with Crippen molar-refractivity contribution in [3.8, 4) is 0 Å². The van der Waals surface area contributed by atoms with Gasteiger partial charge in [0.25, 0.3) is 0 Å². The van der Waals surface area contributed by atoms with Gasteiger partial charge in [0.1, 0.15) is 6.54 Å². The Hall–Kier alpha value is -1.26. The Bertz CT molecular complexity index is 275. The van der Waals surface area contributed by atoms with Crippen LogP contribution in [0, 0.1) is 5.92 Å². The second-order valence-electron chi connectivity index (χ2n) is 4.85. The van der Waals surface area contributed by atoms with Crippen LogP contribution in [0.3, 0.4) is 0 Å². The summed E-state index contributed by atoms with van der Waals surface area (Å²) in [6.45, 7) is 2.80. The third-order valence-electron chi connectivity index (χ3n) is 3.29. The second-order valence-corrected chi connectivity index (χ2v) is 4.85. The Kier molecular flexibility index (Phi) is 6.54. The molecule has 0 aromatic carbocycles. The van der Waals surface area contributed by atoms with E-state index in [1.165, 1.54) is 32.1 Å². The number of carbonyl (C=O) groups is 2. The summed E-state index contributed by atoms with van der Waals surface area (Å²) in [7, 11) is 1.77. The Morgan fingerprint density at radius 2 is 1.94 bits per heavy atom. The number of urea groups is 1. The van der Waals surface area contributed by atoms with Crippen LogP contribution in [0.15, 0.2) is 0 Å². The molecule has 2 amide bonds. The summed E-state index contributed by atoms with van der Waals surface area (Å²) in [5, 5.41) is 2.57. The van der Waals surface area contributed by atoms with Gasteiger partial charge in [-0.15, -0.1) is 0 Å². The fourth-order valence-electron chi connectivity index (χ4n) is 2.33. The van der Waals surface area contributed by atoms with Crippen LogP contribution in [0.5, 0.6) is 0 Å². The number of hydrogen-bond donors (Lipinski definition) is 1. The molecule has 0 aliphatic heterocycles. The molecule has 1 aliphatic rings. The van der Waals surface area contributed by atoms with E-state index in [1.807, 2.05) is 0 Å². The lowest BCUT2D eigenvalue weighted by molar-refractivity contribution is -0.141. The number of esters is 1. The molecule has 1 N–H and O–H groups in total. The first-order valence-electron chi connectivity index (χ1n) is 6.78. The zero-order valence-corrected chi connectivity index (χ0v) is 11.4. The van der Waals surface area contributed by atoms with Crippen LogP contribution in [0.4, 0.5) is 4.79 Å². The second kappa shape index (κ2) is 7.95. The first-order chi connectivity index (χ1) is 8.63. The fourth-order valence-corrected chi connectivity index (χ4v) is 2.33. The molecule has 0 aromatic heterocycles. The molecule has 5 nitrogen and oxygen atoms in total.